The molecule has 136 valence electrons. The molecule has 1 amide bonds. The van der Waals surface area contributed by atoms with Gasteiger partial charge < -0.3 is 14.6 Å². The SMILES string of the molecule is CCOC(=O)Cn1cc(/C=C2\NC(=S)N(CC)C2=O)c2cc(Br)ccc21. The number of benzene rings is 1. The van der Waals surface area contributed by atoms with Crippen molar-refractivity contribution in [3.8, 4) is 0 Å². The first-order valence-corrected chi connectivity index (χ1v) is 9.43. The van der Waals surface area contributed by atoms with Crippen molar-refractivity contribution in [1.82, 2.24) is 14.8 Å². The van der Waals surface area contributed by atoms with Gasteiger partial charge in [0, 0.05) is 33.7 Å². The molecule has 8 heteroatoms. The number of carbonyl (C=O) groups is 2. The summed E-state index contributed by atoms with van der Waals surface area (Å²) in [5, 5.41) is 4.28. The number of hydrogen-bond acceptors (Lipinski definition) is 4. The second-order valence-electron chi connectivity index (χ2n) is 5.72. The maximum absolute atomic E-state index is 12.4. The van der Waals surface area contributed by atoms with Crippen LogP contribution in [0.4, 0.5) is 0 Å². The lowest BCUT2D eigenvalue weighted by Gasteiger charge is -2.08. The molecule has 1 aliphatic rings. The summed E-state index contributed by atoms with van der Waals surface area (Å²) >= 11 is 8.67. The lowest BCUT2D eigenvalue weighted by molar-refractivity contribution is -0.143. The quantitative estimate of drug-likeness (QED) is 0.444. The topological polar surface area (TPSA) is 63.6 Å². The Bertz CT molecular complexity index is 935. The minimum Gasteiger partial charge on any atom is -0.465 e. The first kappa shape index (κ1) is 18.6. The zero-order valence-electron chi connectivity index (χ0n) is 14.4. The van der Waals surface area contributed by atoms with Gasteiger partial charge in [0.15, 0.2) is 5.11 Å². The van der Waals surface area contributed by atoms with Crippen molar-refractivity contribution < 1.29 is 14.3 Å². The van der Waals surface area contributed by atoms with Crippen LogP contribution in [0.25, 0.3) is 17.0 Å². The molecule has 1 fully saturated rings. The highest BCUT2D eigenvalue weighted by Crippen LogP contribution is 2.27. The first-order chi connectivity index (χ1) is 12.4. The van der Waals surface area contributed by atoms with Crippen molar-refractivity contribution in [2.45, 2.75) is 20.4 Å². The Balaban J connectivity index is 2.04. The number of esters is 1. The molecule has 26 heavy (non-hydrogen) atoms. The lowest BCUT2D eigenvalue weighted by Crippen LogP contribution is -2.30. The van der Waals surface area contributed by atoms with Crippen LogP contribution >= 0.6 is 28.1 Å². The summed E-state index contributed by atoms with van der Waals surface area (Å²) in [5.74, 6) is -0.460. The molecule has 1 N–H and O–H groups in total. The van der Waals surface area contributed by atoms with E-state index in [4.69, 9.17) is 17.0 Å². The van der Waals surface area contributed by atoms with E-state index in [1.165, 1.54) is 4.90 Å². The number of ether oxygens (including phenoxy) is 1. The van der Waals surface area contributed by atoms with Gasteiger partial charge in [-0.25, -0.2) is 0 Å². The van der Waals surface area contributed by atoms with Gasteiger partial charge in [-0.05, 0) is 50.3 Å². The Kier molecular flexibility index (Phi) is 5.43. The van der Waals surface area contributed by atoms with Crippen LogP contribution in [0.1, 0.15) is 19.4 Å². The summed E-state index contributed by atoms with van der Waals surface area (Å²) in [7, 11) is 0. The Morgan fingerprint density at radius 2 is 2.15 bits per heavy atom. The standard InChI is InChI=1S/C18H18BrN3O3S/c1-3-22-17(24)14(20-18(22)26)7-11-9-21(10-16(23)25-4-2)15-6-5-12(19)8-13(11)15/h5-9H,3-4,10H2,1-2H3,(H,20,26)/b14-7-. The number of hydrogen-bond donors (Lipinski definition) is 1. The van der Waals surface area contributed by atoms with Crippen molar-refractivity contribution in [2.24, 2.45) is 0 Å². The largest absolute Gasteiger partial charge is 0.465 e. The zero-order chi connectivity index (χ0) is 18.8. The van der Waals surface area contributed by atoms with Gasteiger partial charge in [-0.3, -0.25) is 14.5 Å². The number of nitrogens with one attached hydrogen (secondary N) is 1. The van der Waals surface area contributed by atoms with E-state index in [0.29, 0.717) is 24.0 Å². The average molecular weight is 436 g/mol. The van der Waals surface area contributed by atoms with Crippen LogP contribution in [0, 0.1) is 0 Å². The first-order valence-electron chi connectivity index (χ1n) is 8.23. The van der Waals surface area contributed by atoms with Crippen LogP contribution in [0.15, 0.2) is 34.6 Å². The van der Waals surface area contributed by atoms with E-state index in [0.717, 1.165) is 20.9 Å². The molecule has 0 spiro atoms. The van der Waals surface area contributed by atoms with Crippen molar-refractivity contribution in [2.75, 3.05) is 13.2 Å². The molecular formula is C18H18BrN3O3S. The highest BCUT2D eigenvalue weighted by atomic mass is 79.9. The Morgan fingerprint density at radius 1 is 1.38 bits per heavy atom. The Morgan fingerprint density at radius 3 is 2.81 bits per heavy atom. The molecule has 0 saturated carbocycles. The number of carbonyl (C=O) groups excluding carboxylic acids is 2. The van der Waals surface area contributed by atoms with Gasteiger partial charge in [-0.2, -0.15) is 0 Å². The summed E-state index contributed by atoms with van der Waals surface area (Å²) < 4.78 is 7.78. The van der Waals surface area contributed by atoms with Gasteiger partial charge in [0.25, 0.3) is 5.91 Å². The summed E-state index contributed by atoms with van der Waals surface area (Å²) in [5.41, 5.74) is 2.13. The van der Waals surface area contributed by atoms with Gasteiger partial charge in [-0.1, -0.05) is 15.9 Å². The smallest absolute Gasteiger partial charge is 0.325 e. The maximum Gasteiger partial charge on any atom is 0.325 e. The van der Waals surface area contributed by atoms with Crippen LogP contribution in [0.3, 0.4) is 0 Å². The number of likely N-dealkylation sites (N-methyl/N-ethyl adjacent to an activating group) is 1. The van der Waals surface area contributed by atoms with Crippen molar-refractivity contribution in [3.05, 3.63) is 40.1 Å². The molecule has 0 radical (unpaired) electrons. The number of aromatic nitrogens is 1. The van der Waals surface area contributed by atoms with E-state index in [9.17, 15) is 9.59 Å². The highest BCUT2D eigenvalue weighted by Gasteiger charge is 2.29. The third-order valence-corrected chi connectivity index (χ3v) is 4.87. The third-order valence-electron chi connectivity index (χ3n) is 4.06. The van der Waals surface area contributed by atoms with Crippen LogP contribution < -0.4 is 5.32 Å². The van der Waals surface area contributed by atoms with Crippen LogP contribution in [-0.4, -0.2) is 39.6 Å². The van der Waals surface area contributed by atoms with E-state index >= 15 is 0 Å². The lowest BCUT2D eigenvalue weighted by atomic mass is 10.1. The highest BCUT2D eigenvalue weighted by molar-refractivity contribution is 9.10. The van der Waals surface area contributed by atoms with Crippen molar-refractivity contribution >= 4 is 62.1 Å². The number of fused-ring (bicyclic) bond motifs is 1. The maximum atomic E-state index is 12.4. The molecule has 3 rings (SSSR count). The number of thiocarbonyl (C=S) groups is 1. The van der Waals surface area contributed by atoms with E-state index < -0.39 is 0 Å². The minimum atomic E-state index is -0.306. The monoisotopic (exact) mass is 435 g/mol. The molecule has 1 aromatic carbocycles. The van der Waals surface area contributed by atoms with E-state index in [-0.39, 0.29) is 18.4 Å². The molecule has 2 heterocycles. The molecule has 0 unspecified atom stereocenters. The molecule has 1 aliphatic heterocycles. The summed E-state index contributed by atoms with van der Waals surface area (Å²) in [6, 6.07) is 5.79. The van der Waals surface area contributed by atoms with Gasteiger partial charge in [-0.15, -0.1) is 0 Å². The van der Waals surface area contributed by atoms with Crippen molar-refractivity contribution in [1.29, 1.82) is 0 Å². The molecule has 2 aromatic rings. The Labute approximate surface area is 164 Å². The normalized spacial score (nSPS) is 15.8. The third kappa shape index (κ3) is 3.52. The second-order valence-corrected chi connectivity index (χ2v) is 7.02. The molecular weight excluding hydrogens is 418 g/mol. The molecule has 1 aromatic heterocycles. The molecule has 0 atom stereocenters. The van der Waals surface area contributed by atoms with Crippen LogP contribution in [-0.2, 0) is 20.9 Å². The van der Waals surface area contributed by atoms with Gasteiger partial charge in [0.1, 0.15) is 12.2 Å². The Hall–Kier alpha value is -2.19. The van der Waals surface area contributed by atoms with E-state index in [1.54, 1.807) is 13.0 Å². The molecule has 0 aliphatic carbocycles. The number of amides is 1. The number of rotatable bonds is 5. The zero-order valence-corrected chi connectivity index (χ0v) is 16.8. The molecule has 6 nitrogen and oxygen atoms in total. The predicted octanol–water partition coefficient (Wildman–Crippen LogP) is 3.04. The van der Waals surface area contributed by atoms with E-state index in [2.05, 4.69) is 21.2 Å². The van der Waals surface area contributed by atoms with Gasteiger partial charge in [0.05, 0.1) is 6.61 Å². The predicted molar refractivity (Wildman–Crippen MR) is 107 cm³/mol. The summed E-state index contributed by atoms with van der Waals surface area (Å²) in [6.07, 6.45) is 3.61. The number of nitrogens with zero attached hydrogens (tertiary/aromatic N) is 2. The fourth-order valence-corrected chi connectivity index (χ4v) is 3.59. The number of halogens is 1. The second kappa shape index (κ2) is 7.59. The molecule has 1 saturated heterocycles. The van der Waals surface area contributed by atoms with Gasteiger partial charge >= 0.3 is 5.97 Å². The molecule has 0 bridgehead atoms. The summed E-state index contributed by atoms with van der Waals surface area (Å²) in [4.78, 5) is 25.8. The fourth-order valence-electron chi connectivity index (χ4n) is 2.90. The van der Waals surface area contributed by atoms with E-state index in [1.807, 2.05) is 35.9 Å². The average Bonchev–Trinajstić information content (AvgIpc) is 3.05. The fraction of sp³-hybridized carbons (Fsp3) is 0.278. The summed E-state index contributed by atoms with van der Waals surface area (Å²) in [6.45, 7) is 4.60. The minimum absolute atomic E-state index is 0.107. The van der Waals surface area contributed by atoms with Gasteiger partial charge in [0.2, 0.25) is 0 Å². The van der Waals surface area contributed by atoms with Crippen molar-refractivity contribution in [3.63, 3.8) is 0 Å². The van der Waals surface area contributed by atoms with Crippen LogP contribution in [0.2, 0.25) is 0 Å². The van der Waals surface area contributed by atoms with Crippen LogP contribution in [0.5, 0.6) is 0 Å².